The molecule has 0 aromatic rings. The van der Waals surface area contributed by atoms with Crippen LogP contribution in [0.4, 0.5) is 0 Å². The molecule has 0 radical (unpaired) electrons. The van der Waals surface area contributed by atoms with Crippen molar-refractivity contribution in [2.75, 3.05) is 13.6 Å². The largest absolute Gasteiger partial charge is 0.366 e. The van der Waals surface area contributed by atoms with Gasteiger partial charge in [0.15, 0.2) is 0 Å². The van der Waals surface area contributed by atoms with E-state index in [4.69, 9.17) is 5.73 Å². The van der Waals surface area contributed by atoms with E-state index >= 15 is 0 Å². The van der Waals surface area contributed by atoms with Gasteiger partial charge in [-0.2, -0.15) is 0 Å². The van der Waals surface area contributed by atoms with E-state index in [2.05, 4.69) is 11.5 Å². The monoisotopic (exact) mass is 154 g/mol. The third kappa shape index (κ3) is 1.60. The third-order valence-corrected chi connectivity index (χ3v) is 2.24. The van der Waals surface area contributed by atoms with Crippen LogP contribution in [-0.4, -0.2) is 30.4 Å². The van der Waals surface area contributed by atoms with E-state index in [-0.39, 0.29) is 11.9 Å². The maximum Gasteiger partial charge on any atom is 0.245 e. The number of carbonyl (C=O) groups excluding carboxylic acids is 1. The highest BCUT2D eigenvalue weighted by atomic mass is 16.1. The van der Waals surface area contributed by atoms with Gasteiger partial charge in [-0.05, 0) is 26.4 Å². The van der Waals surface area contributed by atoms with Crippen LogP contribution in [0.15, 0.2) is 12.2 Å². The van der Waals surface area contributed by atoms with Crippen LogP contribution in [0.2, 0.25) is 0 Å². The molecule has 0 aromatic carbocycles. The number of likely N-dealkylation sites (tertiary alicyclic amines) is 1. The number of primary amides is 1. The van der Waals surface area contributed by atoms with Gasteiger partial charge in [0.2, 0.25) is 5.91 Å². The van der Waals surface area contributed by atoms with Crippen LogP contribution in [0.3, 0.4) is 0 Å². The van der Waals surface area contributed by atoms with Crippen LogP contribution < -0.4 is 5.73 Å². The fraction of sp³-hybridized carbons (Fsp3) is 0.625. The molecule has 1 heterocycles. The van der Waals surface area contributed by atoms with Gasteiger partial charge in [0, 0.05) is 11.6 Å². The summed E-state index contributed by atoms with van der Waals surface area (Å²) < 4.78 is 0. The predicted octanol–water partition coefficient (Wildman–Crippen LogP) is 0.122. The molecule has 1 unspecified atom stereocenters. The molecule has 1 rings (SSSR count). The summed E-state index contributed by atoms with van der Waals surface area (Å²) in [5.41, 5.74) is 5.66. The summed E-state index contributed by atoms with van der Waals surface area (Å²) in [5.74, 6) is -0.372. The molecule has 0 bridgehead atoms. The van der Waals surface area contributed by atoms with Crippen molar-refractivity contribution in [3.8, 4) is 0 Å². The van der Waals surface area contributed by atoms with Crippen molar-refractivity contribution in [1.82, 2.24) is 4.90 Å². The minimum absolute atomic E-state index is 0.187. The number of amides is 1. The zero-order valence-corrected chi connectivity index (χ0v) is 6.84. The van der Waals surface area contributed by atoms with Gasteiger partial charge in [0.1, 0.15) is 0 Å². The Balaban J connectivity index is 2.60. The molecule has 3 heteroatoms. The van der Waals surface area contributed by atoms with Gasteiger partial charge in [0.05, 0.1) is 0 Å². The van der Waals surface area contributed by atoms with Crippen LogP contribution in [0.5, 0.6) is 0 Å². The van der Waals surface area contributed by atoms with Gasteiger partial charge in [-0.1, -0.05) is 6.58 Å². The van der Waals surface area contributed by atoms with Crippen molar-refractivity contribution < 1.29 is 4.79 Å². The highest BCUT2D eigenvalue weighted by Gasteiger charge is 2.25. The van der Waals surface area contributed by atoms with Crippen molar-refractivity contribution in [2.45, 2.75) is 18.9 Å². The Bertz CT molecular complexity index is 189. The van der Waals surface area contributed by atoms with Crippen LogP contribution in [0.25, 0.3) is 0 Å². The lowest BCUT2D eigenvalue weighted by Gasteiger charge is -2.19. The standard InChI is InChI=1S/C8H14N2O/c1-6(8(9)11)7-4-3-5-10(7)2/h7H,1,3-5H2,2H3,(H2,9,11). The van der Waals surface area contributed by atoms with E-state index < -0.39 is 0 Å². The Morgan fingerprint density at radius 2 is 2.36 bits per heavy atom. The molecule has 0 aliphatic carbocycles. The minimum atomic E-state index is -0.372. The smallest absolute Gasteiger partial charge is 0.245 e. The number of rotatable bonds is 2. The van der Waals surface area contributed by atoms with E-state index in [1.54, 1.807) is 0 Å². The Hall–Kier alpha value is -0.830. The Kier molecular flexibility index (Phi) is 2.29. The average Bonchev–Trinajstić information content (AvgIpc) is 2.33. The molecule has 1 amide bonds. The number of likely N-dealkylation sites (N-methyl/N-ethyl adjacent to an activating group) is 1. The molecule has 1 atom stereocenters. The fourth-order valence-electron chi connectivity index (χ4n) is 1.51. The predicted molar refractivity (Wildman–Crippen MR) is 44.0 cm³/mol. The number of hydrogen-bond acceptors (Lipinski definition) is 2. The molecule has 1 aliphatic rings. The van der Waals surface area contributed by atoms with Gasteiger partial charge in [-0.25, -0.2) is 0 Å². The molecule has 1 aliphatic heterocycles. The van der Waals surface area contributed by atoms with Gasteiger partial charge in [-0.15, -0.1) is 0 Å². The maximum absolute atomic E-state index is 10.7. The highest BCUT2D eigenvalue weighted by Crippen LogP contribution is 2.20. The van der Waals surface area contributed by atoms with Crippen molar-refractivity contribution >= 4 is 5.91 Å². The molecule has 3 nitrogen and oxygen atoms in total. The van der Waals surface area contributed by atoms with Crippen molar-refractivity contribution in [3.63, 3.8) is 0 Å². The first kappa shape index (κ1) is 8.27. The third-order valence-electron chi connectivity index (χ3n) is 2.24. The summed E-state index contributed by atoms with van der Waals surface area (Å²) in [5, 5.41) is 0. The molecule has 0 aromatic heterocycles. The van der Waals surface area contributed by atoms with Crippen LogP contribution in [0, 0.1) is 0 Å². The second-order valence-corrected chi connectivity index (χ2v) is 3.03. The first-order valence-electron chi connectivity index (χ1n) is 3.81. The van der Waals surface area contributed by atoms with Crippen LogP contribution in [0.1, 0.15) is 12.8 Å². The van der Waals surface area contributed by atoms with E-state index in [1.165, 1.54) is 0 Å². The lowest BCUT2D eigenvalue weighted by atomic mass is 10.1. The number of nitrogens with two attached hydrogens (primary N) is 1. The van der Waals surface area contributed by atoms with E-state index in [1.807, 2.05) is 7.05 Å². The quantitative estimate of drug-likeness (QED) is 0.574. The SMILES string of the molecule is C=C(C(N)=O)C1CCCN1C. The molecular weight excluding hydrogens is 140 g/mol. The molecular formula is C8H14N2O. The summed E-state index contributed by atoms with van der Waals surface area (Å²) >= 11 is 0. The van der Waals surface area contributed by atoms with Crippen LogP contribution >= 0.6 is 0 Å². The van der Waals surface area contributed by atoms with Crippen molar-refractivity contribution in [3.05, 3.63) is 12.2 Å². The molecule has 0 saturated carbocycles. The van der Waals surface area contributed by atoms with Crippen molar-refractivity contribution in [2.24, 2.45) is 5.73 Å². The number of carbonyl (C=O) groups is 1. The second-order valence-electron chi connectivity index (χ2n) is 3.03. The van der Waals surface area contributed by atoms with E-state index in [0.29, 0.717) is 5.57 Å². The summed E-state index contributed by atoms with van der Waals surface area (Å²) in [7, 11) is 1.99. The molecule has 1 saturated heterocycles. The van der Waals surface area contributed by atoms with E-state index in [0.717, 1.165) is 19.4 Å². The summed E-state index contributed by atoms with van der Waals surface area (Å²) in [6.45, 7) is 4.71. The zero-order valence-electron chi connectivity index (χ0n) is 6.84. The van der Waals surface area contributed by atoms with Crippen molar-refractivity contribution in [1.29, 1.82) is 0 Å². The topological polar surface area (TPSA) is 46.3 Å². The second kappa shape index (κ2) is 3.05. The van der Waals surface area contributed by atoms with Gasteiger partial charge < -0.3 is 5.73 Å². The summed E-state index contributed by atoms with van der Waals surface area (Å²) in [4.78, 5) is 12.8. The lowest BCUT2D eigenvalue weighted by molar-refractivity contribution is -0.115. The molecule has 62 valence electrons. The Morgan fingerprint density at radius 3 is 2.73 bits per heavy atom. The minimum Gasteiger partial charge on any atom is -0.366 e. The highest BCUT2D eigenvalue weighted by molar-refractivity contribution is 5.92. The number of nitrogens with zero attached hydrogens (tertiary/aromatic N) is 1. The summed E-state index contributed by atoms with van der Waals surface area (Å²) in [6, 6.07) is 0.187. The molecule has 0 spiro atoms. The Labute approximate surface area is 66.9 Å². The van der Waals surface area contributed by atoms with Gasteiger partial charge in [-0.3, -0.25) is 9.69 Å². The zero-order chi connectivity index (χ0) is 8.43. The normalized spacial score (nSPS) is 25.4. The van der Waals surface area contributed by atoms with E-state index in [9.17, 15) is 4.79 Å². The summed E-state index contributed by atoms with van der Waals surface area (Å²) in [6.07, 6.45) is 2.14. The Morgan fingerprint density at radius 1 is 1.73 bits per heavy atom. The number of hydrogen-bond donors (Lipinski definition) is 1. The first-order chi connectivity index (χ1) is 5.13. The van der Waals surface area contributed by atoms with Gasteiger partial charge >= 0.3 is 0 Å². The fourth-order valence-corrected chi connectivity index (χ4v) is 1.51. The molecule has 1 fully saturated rings. The average molecular weight is 154 g/mol. The molecule has 2 N–H and O–H groups in total. The van der Waals surface area contributed by atoms with Gasteiger partial charge in [0.25, 0.3) is 0 Å². The maximum atomic E-state index is 10.7. The van der Waals surface area contributed by atoms with Crippen LogP contribution in [-0.2, 0) is 4.79 Å². The molecule has 11 heavy (non-hydrogen) atoms. The first-order valence-corrected chi connectivity index (χ1v) is 3.81. The lowest BCUT2D eigenvalue weighted by Crippen LogP contribution is -2.32.